The van der Waals surface area contributed by atoms with Crippen LogP contribution in [0.25, 0.3) is 16.6 Å². The second kappa shape index (κ2) is 9.38. The number of fused-ring (bicyclic) bond motifs is 1. The molecule has 0 N–H and O–H groups in total. The Labute approximate surface area is 197 Å². The zero-order valence-corrected chi connectivity index (χ0v) is 18.8. The third-order valence-corrected chi connectivity index (χ3v) is 6.42. The van der Waals surface area contributed by atoms with E-state index in [-0.39, 0.29) is 11.5 Å². The summed E-state index contributed by atoms with van der Waals surface area (Å²) in [5.41, 5.74) is 3.39. The Kier molecular flexibility index (Phi) is 5.98. The van der Waals surface area contributed by atoms with Crippen molar-refractivity contribution in [3.05, 3.63) is 95.0 Å². The minimum atomic E-state index is -0.0433. The van der Waals surface area contributed by atoms with Crippen LogP contribution in [0, 0.1) is 11.3 Å². The molecule has 7 heteroatoms. The summed E-state index contributed by atoms with van der Waals surface area (Å²) in [6.45, 7) is 4.29. The van der Waals surface area contributed by atoms with Gasteiger partial charge in [-0.1, -0.05) is 6.07 Å². The molecule has 7 nitrogen and oxygen atoms in total. The lowest BCUT2D eigenvalue weighted by molar-refractivity contribution is 0.0887. The number of pyridine rings is 1. The smallest absolute Gasteiger partial charge is 0.255 e. The molecule has 34 heavy (non-hydrogen) atoms. The molecule has 1 saturated heterocycles. The van der Waals surface area contributed by atoms with Crippen molar-refractivity contribution in [2.75, 3.05) is 37.6 Å². The van der Waals surface area contributed by atoms with Gasteiger partial charge in [-0.05, 0) is 54.6 Å². The first-order valence-electron chi connectivity index (χ1n) is 11.4. The van der Waals surface area contributed by atoms with Crippen molar-refractivity contribution in [3.63, 3.8) is 0 Å². The lowest BCUT2D eigenvalue weighted by Crippen LogP contribution is -2.47. The molecule has 1 aliphatic rings. The molecule has 2 aromatic carbocycles. The predicted octanol–water partition coefficient (Wildman–Crippen LogP) is 3.52. The van der Waals surface area contributed by atoms with Crippen LogP contribution in [0.5, 0.6) is 0 Å². The molecule has 0 spiro atoms. The van der Waals surface area contributed by atoms with E-state index in [0.29, 0.717) is 12.0 Å². The van der Waals surface area contributed by atoms with Gasteiger partial charge in [0.15, 0.2) is 0 Å². The monoisotopic (exact) mass is 451 g/mol. The van der Waals surface area contributed by atoms with Crippen molar-refractivity contribution < 1.29 is 4.79 Å². The van der Waals surface area contributed by atoms with E-state index in [2.05, 4.69) is 28.0 Å². The summed E-state index contributed by atoms with van der Waals surface area (Å²) in [4.78, 5) is 29.5. The van der Waals surface area contributed by atoms with E-state index in [1.54, 1.807) is 39.7 Å². The van der Waals surface area contributed by atoms with Gasteiger partial charge in [0.1, 0.15) is 0 Å². The maximum Gasteiger partial charge on any atom is 0.255 e. The van der Waals surface area contributed by atoms with E-state index in [9.17, 15) is 9.59 Å². The van der Waals surface area contributed by atoms with E-state index in [1.165, 1.54) is 0 Å². The van der Waals surface area contributed by atoms with Gasteiger partial charge in [0.05, 0.1) is 17.1 Å². The summed E-state index contributed by atoms with van der Waals surface area (Å²) in [6.07, 6.45) is 4.01. The van der Waals surface area contributed by atoms with Crippen molar-refractivity contribution in [1.29, 1.82) is 5.26 Å². The highest BCUT2D eigenvalue weighted by Gasteiger charge is 2.19. The van der Waals surface area contributed by atoms with Gasteiger partial charge in [-0.3, -0.25) is 23.6 Å². The standard InChI is InChI=1S/C27H25N5O2/c28-20-21-4-9-25-22(19-21)10-14-32(25)27(34)11-13-29-15-17-30(18-16-29)23-5-7-24(8-6-23)31-12-2-1-3-26(31)33/h1-10,12,14,19H,11,13,15-18H2. The number of carbonyl (C=O) groups excluding carboxylic acids is 1. The molecule has 0 bridgehead atoms. The van der Waals surface area contributed by atoms with E-state index in [1.807, 2.05) is 36.4 Å². The largest absolute Gasteiger partial charge is 0.369 e. The molecular weight excluding hydrogens is 426 g/mol. The molecule has 4 aromatic rings. The summed E-state index contributed by atoms with van der Waals surface area (Å²) in [5, 5.41) is 9.96. The minimum Gasteiger partial charge on any atom is -0.369 e. The molecule has 5 rings (SSSR count). The number of carbonyl (C=O) groups is 1. The zero-order valence-electron chi connectivity index (χ0n) is 18.8. The Morgan fingerprint density at radius 1 is 0.882 bits per heavy atom. The van der Waals surface area contributed by atoms with Gasteiger partial charge in [-0.15, -0.1) is 0 Å². The second-order valence-electron chi connectivity index (χ2n) is 8.47. The van der Waals surface area contributed by atoms with Gasteiger partial charge in [0.25, 0.3) is 5.56 Å². The van der Waals surface area contributed by atoms with E-state index in [0.717, 1.165) is 55.0 Å². The molecule has 0 radical (unpaired) electrons. The van der Waals surface area contributed by atoms with Crippen LogP contribution in [0.4, 0.5) is 5.69 Å². The van der Waals surface area contributed by atoms with Gasteiger partial charge >= 0.3 is 0 Å². The van der Waals surface area contributed by atoms with Crippen LogP contribution in [-0.2, 0) is 0 Å². The predicted molar refractivity (Wildman–Crippen MR) is 133 cm³/mol. The maximum atomic E-state index is 12.8. The quantitative estimate of drug-likeness (QED) is 0.464. The topological polar surface area (TPSA) is 74.3 Å². The summed E-state index contributed by atoms with van der Waals surface area (Å²) in [7, 11) is 0. The second-order valence-corrected chi connectivity index (χ2v) is 8.47. The molecule has 0 saturated carbocycles. The molecule has 170 valence electrons. The van der Waals surface area contributed by atoms with E-state index in [4.69, 9.17) is 5.26 Å². The van der Waals surface area contributed by atoms with E-state index >= 15 is 0 Å². The number of nitrogens with zero attached hydrogens (tertiary/aromatic N) is 5. The van der Waals surface area contributed by atoms with Gasteiger partial charge in [0, 0.05) is 74.4 Å². The third kappa shape index (κ3) is 4.36. The highest BCUT2D eigenvalue weighted by molar-refractivity contribution is 5.93. The number of hydrogen-bond acceptors (Lipinski definition) is 5. The van der Waals surface area contributed by atoms with Crippen LogP contribution in [0.15, 0.2) is 83.9 Å². The summed E-state index contributed by atoms with van der Waals surface area (Å²) in [6, 6.07) is 22.6. The van der Waals surface area contributed by atoms with Crippen molar-refractivity contribution >= 4 is 22.5 Å². The fraction of sp³-hybridized carbons (Fsp3) is 0.222. The molecule has 3 heterocycles. The van der Waals surface area contributed by atoms with Crippen LogP contribution in [0.2, 0.25) is 0 Å². The van der Waals surface area contributed by atoms with Crippen molar-refractivity contribution in [3.8, 4) is 11.8 Å². The molecule has 1 aliphatic heterocycles. The maximum absolute atomic E-state index is 12.8. The Morgan fingerprint density at radius 2 is 1.65 bits per heavy atom. The number of nitriles is 1. The fourth-order valence-corrected chi connectivity index (χ4v) is 4.50. The zero-order chi connectivity index (χ0) is 23.5. The first kappa shape index (κ1) is 21.7. The molecular formula is C27H25N5O2. The van der Waals surface area contributed by atoms with Crippen LogP contribution >= 0.6 is 0 Å². The molecule has 0 unspecified atom stereocenters. The van der Waals surface area contributed by atoms with Crippen LogP contribution in [-0.4, -0.2) is 52.7 Å². The Bertz CT molecular complexity index is 1420. The number of hydrogen-bond donors (Lipinski definition) is 0. The number of rotatable bonds is 5. The molecule has 1 fully saturated rings. The number of anilines is 1. The number of piperazine rings is 1. The number of aromatic nitrogens is 2. The van der Waals surface area contributed by atoms with Crippen molar-refractivity contribution in [2.45, 2.75) is 6.42 Å². The van der Waals surface area contributed by atoms with E-state index < -0.39 is 0 Å². The number of benzene rings is 2. The minimum absolute atomic E-state index is 0.0433. The first-order valence-corrected chi connectivity index (χ1v) is 11.4. The van der Waals surface area contributed by atoms with Crippen LogP contribution in [0.1, 0.15) is 16.8 Å². The Morgan fingerprint density at radius 3 is 2.38 bits per heavy atom. The lowest BCUT2D eigenvalue weighted by atomic mass is 10.2. The molecule has 2 aromatic heterocycles. The van der Waals surface area contributed by atoms with Crippen molar-refractivity contribution in [1.82, 2.24) is 14.0 Å². The first-order chi connectivity index (χ1) is 16.6. The molecule has 0 atom stereocenters. The SMILES string of the molecule is N#Cc1ccc2c(ccn2C(=O)CCN2CCN(c3ccc(-n4ccccc4=O)cc3)CC2)c1. The highest BCUT2D eigenvalue weighted by atomic mass is 16.2. The highest BCUT2D eigenvalue weighted by Crippen LogP contribution is 2.20. The molecule has 0 amide bonds. The third-order valence-electron chi connectivity index (χ3n) is 6.42. The average molecular weight is 452 g/mol. The normalized spacial score (nSPS) is 14.3. The summed E-state index contributed by atoms with van der Waals surface area (Å²) in [5.74, 6) is 0.0638. The van der Waals surface area contributed by atoms with Gasteiger partial charge in [-0.2, -0.15) is 5.26 Å². The summed E-state index contributed by atoms with van der Waals surface area (Å²) < 4.78 is 3.32. The van der Waals surface area contributed by atoms with Crippen molar-refractivity contribution in [2.24, 2.45) is 0 Å². The lowest BCUT2D eigenvalue weighted by Gasteiger charge is -2.36. The Balaban J connectivity index is 1.15. The van der Waals surface area contributed by atoms with Gasteiger partial charge in [-0.25, -0.2) is 0 Å². The van der Waals surface area contributed by atoms with Gasteiger partial charge < -0.3 is 4.90 Å². The average Bonchev–Trinajstić information content (AvgIpc) is 3.31. The summed E-state index contributed by atoms with van der Waals surface area (Å²) >= 11 is 0. The molecule has 0 aliphatic carbocycles. The van der Waals surface area contributed by atoms with Crippen LogP contribution in [0.3, 0.4) is 0 Å². The fourth-order valence-electron chi connectivity index (χ4n) is 4.50. The van der Waals surface area contributed by atoms with Crippen LogP contribution < -0.4 is 10.5 Å². The Hall–Kier alpha value is -4.15. The van der Waals surface area contributed by atoms with Gasteiger partial charge in [0.2, 0.25) is 5.91 Å².